The molecule has 0 bridgehead atoms. The molecule has 6 nitrogen and oxygen atoms in total. The van der Waals surface area contributed by atoms with Crippen LogP contribution in [0.15, 0.2) is 12.1 Å². The van der Waals surface area contributed by atoms with Crippen molar-refractivity contribution in [1.29, 1.82) is 0 Å². The Morgan fingerprint density at radius 1 is 1.16 bits per heavy atom. The van der Waals surface area contributed by atoms with Gasteiger partial charge in [0, 0.05) is 13.6 Å². The molecule has 0 aromatic heterocycles. The summed E-state index contributed by atoms with van der Waals surface area (Å²) in [6.45, 7) is 0.522. The summed E-state index contributed by atoms with van der Waals surface area (Å²) in [7, 11) is 6.34. The van der Waals surface area contributed by atoms with Crippen LogP contribution >= 0.6 is 0 Å². The van der Waals surface area contributed by atoms with Gasteiger partial charge in [0.2, 0.25) is 5.75 Å². The predicted octanol–water partition coefficient (Wildman–Crippen LogP) is 1.27. The molecule has 0 unspecified atom stereocenters. The maximum absolute atomic E-state index is 10.9. The van der Waals surface area contributed by atoms with Crippen LogP contribution in [0.25, 0.3) is 0 Å². The molecule has 0 heterocycles. The van der Waals surface area contributed by atoms with E-state index in [1.54, 1.807) is 28.4 Å². The highest BCUT2D eigenvalue weighted by molar-refractivity contribution is 5.71. The van der Waals surface area contributed by atoms with E-state index in [-0.39, 0.29) is 0 Å². The van der Waals surface area contributed by atoms with E-state index < -0.39 is 6.03 Å². The lowest BCUT2D eigenvalue weighted by Crippen LogP contribution is -2.33. The number of rotatable bonds is 6. The highest BCUT2D eigenvalue weighted by Gasteiger charge is 2.13. The number of benzene rings is 1. The van der Waals surface area contributed by atoms with Crippen LogP contribution in [0.2, 0.25) is 0 Å². The van der Waals surface area contributed by atoms with Gasteiger partial charge in [-0.15, -0.1) is 0 Å². The summed E-state index contributed by atoms with van der Waals surface area (Å²) in [6, 6.07) is 3.26. The Morgan fingerprint density at radius 2 is 1.68 bits per heavy atom. The molecule has 0 spiro atoms. The second kappa shape index (κ2) is 6.72. The highest BCUT2D eigenvalue weighted by Crippen LogP contribution is 2.38. The molecular weight excluding hydrogens is 248 g/mol. The Hall–Kier alpha value is -2.11. The Morgan fingerprint density at radius 3 is 2.05 bits per heavy atom. The Kier molecular flexibility index (Phi) is 5.29. The number of primary amides is 1. The Labute approximate surface area is 113 Å². The third kappa shape index (κ3) is 3.67. The summed E-state index contributed by atoms with van der Waals surface area (Å²) >= 11 is 0. The monoisotopic (exact) mass is 268 g/mol. The first-order chi connectivity index (χ1) is 9.03. The van der Waals surface area contributed by atoms with Crippen molar-refractivity contribution in [2.75, 3.05) is 34.9 Å². The van der Waals surface area contributed by atoms with Crippen LogP contribution in [0.3, 0.4) is 0 Å². The smallest absolute Gasteiger partial charge is 0.314 e. The van der Waals surface area contributed by atoms with Gasteiger partial charge < -0.3 is 24.8 Å². The molecule has 2 amide bonds. The number of hydrogen-bond acceptors (Lipinski definition) is 4. The van der Waals surface area contributed by atoms with E-state index in [0.717, 1.165) is 5.56 Å². The lowest BCUT2D eigenvalue weighted by atomic mass is 10.1. The van der Waals surface area contributed by atoms with Crippen LogP contribution in [0.5, 0.6) is 17.2 Å². The van der Waals surface area contributed by atoms with E-state index in [4.69, 9.17) is 19.9 Å². The molecule has 0 aliphatic carbocycles. The molecule has 0 saturated heterocycles. The van der Waals surface area contributed by atoms with Crippen LogP contribution < -0.4 is 19.9 Å². The minimum atomic E-state index is -0.451. The van der Waals surface area contributed by atoms with Crippen LogP contribution in [0.4, 0.5) is 4.79 Å². The molecular formula is C13H20N2O4. The number of carbonyl (C=O) groups is 1. The van der Waals surface area contributed by atoms with E-state index in [2.05, 4.69) is 0 Å². The highest BCUT2D eigenvalue weighted by atomic mass is 16.5. The number of likely N-dealkylation sites (N-methyl/N-ethyl adjacent to an activating group) is 1. The van der Waals surface area contributed by atoms with E-state index in [9.17, 15) is 4.79 Å². The summed E-state index contributed by atoms with van der Waals surface area (Å²) in [4.78, 5) is 12.4. The fourth-order valence-electron chi connectivity index (χ4n) is 1.69. The van der Waals surface area contributed by atoms with Gasteiger partial charge in [-0.25, -0.2) is 4.79 Å². The summed E-state index contributed by atoms with van der Waals surface area (Å²) in [6.07, 6.45) is 0.649. The molecule has 0 aliphatic rings. The van der Waals surface area contributed by atoms with Crippen molar-refractivity contribution in [1.82, 2.24) is 4.90 Å². The molecule has 19 heavy (non-hydrogen) atoms. The number of methoxy groups -OCH3 is 3. The van der Waals surface area contributed by atoms with Gasteiger partial charge in [-0.3, -0.25) is 0 Å². The van der Waals surface area contributed by atoms with Gasteiger partial charge in [-0.05, 0) is 24.1 Å². The molecule has 0 fully saturated rings. The molecule has 1 aromatic rings. The van der Waals surface area contributed by atoms with Gasteiger partial charge in [0.25, 0.3) is 0 Å². The van der Waals surface area contributed by atoms with Crippen LogP contribution in [0.1, 0.15) is 5.56 Å². The fourth-order valence-corrected chi connectivity index (χ4v) is 1.69. The molecule has 0 atom stereocenters. The predicted molar refractivity (Wildman–Crippen MR) is 72.0 cm³/mol. The Balaban J connectivity index is 2.93. The van der Waals surface area contributed by atoms with Gasteiger partial charge in [0.15, 0.2) is 11.5 Å². The average Bonchev–Trinajstić information content (AvgIpc) is 2.42. The molecule has 0 saturated carbocycles. The first-order valence-corrected chi connectivity index (χ1v) is 5.83. The average molecular weight is 268 g/mol. The normalized spacial score (nSPS) is 9.89. The lowest BCUT2D eigenvalue weighted by molar-refractivity contribution is 0.219. The topological polar surface area (TPSA) is 74.0 Å². The van der Waals surface area contributed by atoms with Crippen molar-refractivity contribution in [3.8, 4) is 17.2 Å². The third-order valence-electron chi connectivity index (χ3n) is 2.84. The van der Waals surface area contributed by atoms with E-state index in [0.29, 0.717) is 30.2 Å². The van der Waals surface area contributed by atoms with E-state index in [1.807, 2.05) is 12.1 Å². The standard InChI is InChI=1S/C13H20N2O4/c1-15(13(14)16)6-5-9-7-10(17-2)12(19-4)11(8-9)18-3/h7-8H,5-6H2,1-4H3,(H2,14,16). The summed E-state index contributed by atoms with van der Waals surface area (Å²) in [5.74, 6) is 1.74. The molecule has 0 radical (unpaired) electrons. The lowest BCUT2D eigenvalue weighted by Gasteiger charge is -2.16. The summed E-state index contributed by atoms with van der Waals surface area (Å²) in [5, 5.41) is 0. The van der Waals surface area contributed by atoms with Crippen molar-refractivity contribution >= 4 is 6.03 Å². The fraction of sp³-hybridized carbons (Fsp3) is 0.462. The zero-order valence-electron chi connectivity index (χ0n) is 11.7. The molecule has 0 aliphatic heterocycles. The van der Waals surface area contributed by atoms with Crippen molar-refractivity contribution in [2.24, 2.45) is 5.73 Å². The number of ether oxygens (including phenoxy) is 3. The maximum atomic E-state index is 10.9. The number of nitrogens with zero attached hydrogens (tertiary/aromatic N) is 1. The molecule has 106 valence electrons. The number of carbonyl (C=O) groups excluding carboxylic acids is 1. The third-order valence-corrected chi connectivity index (χ3v) is 2.84. The van der Waals surface area contributed by atoms with Gasteiger partial charge in [-0.1, -0.05) is 0 Å². The quantitative estimate of drug-likeness (QED) is 0.843. The number of urea groups is 1. The van der Waals surface area contributed by atoms with E-state index >= 15 is 0 Å². The minimum absolute atomic E-state index is 0.451. The van der Waals surface area contributed by atoms with Crippen molar-refractivity contribution in [3.05, 3.63) is 17.7 Å². The molecule has 2 N–H and O–H groups in total. The largest absolute Gasteiger partial charge is 0.493 e. The number of nitrogens with two attached hydrogens (primary N) is 1. The van der Waals surface area contributed by atoms with Gasteiger partial charge in [0.1, 0.15) is 0 Å². The van der Waals surface area contributed by atoms with Crippen LogP contribution in [0, 0.1) is 0 Å². The minimum Gasteiger partial charge on any atom is -0.493 e. The van der Waals surface area contributed by atoms with Crippen molar-refractivity contribution in [2.45, 2.75) is 6.42 Å². The zero-order chi connectivity index (χ0) is 14.4. The van der Waals surface area contributed by atoms with Crippen molar-refractivity contribution in [3.63, 3.8) is 0 Å². The molecule has 1 rings (SSSR count). The second-order valence-electron chi connectivity index (χ2n) is 4.04. The van der Waals surface area contributed by atoms with E-state index in [1.165, 1.54) is 4.90 Å². The Bertz CT molecular complexity index is 423. The first-order valence-electron chi connectivity index (χ1n) is 5.83. The zero-order valence-corrected chi connectivity index (χ0v) is 11.7. The summed E-state index contributed by atoms with van der Waals surface area (Å²) in [5.41, 5.74) is 6.15. The SMILES string of the molecule is COc1cc(CCN(C)C(N)=O)cc(OC)c1OC. The van der Waals surface area contributed by atoms with Crippen LogP contribution in [-0.2, 0) is 6.42 Å². The molecule has 6 heteroatoms. The maximum Gasteiger partial charge on any atom is 0.314 e. The second-order valence-corrected chi connectivity index (χ2v) is 4.04. The first kappa shape index (κ1) is 14.9. The van der Waals surface area contributed by atoms with Crippen LogP contribution in [-0.4, -0.2) is 45.9 Å². The van der Waals surface area contributed by atoms with Gasteiger partial charge >= 0.3 is 6.03 Å². The van der Waals surface area contributed by atoms with Gasteiger partial charge in [-0.2, -0.15) is 0 Å². The number of hydrogen-bond donors (Lipinski definition) is 1. The van der Waals surface area contributed by atoms with Gasteiger partial charge in [0.05, 0.1) is 21.3 Å². The van der Waals surface area contributed by atoms with Crippen molar-refractivity contribution < 1.29 is 19.0 Å². The molecule has 1 aromatic carbocycles. The number of amides is 2. The summed E-state index contributed by atoms with van der Waals surface area (Å²) < 4.78 is 15.8.